The zero-order chi connectivity index (χ0) is 14.0. The summed E-state index contributed by atoms with van der Waals surface area (Å²) in [5.41, 5.74) is 2.24. The molecule has 1 heterocycles. The van der Waals surface area contributed by atoms with Crippen molar-refractivity contribution < 1.29 is 14.2 Å². The highest BCUT2D eigenvalue weighted by Crippen LogP contribution is 2.42. The molecule has 1 aliphatic heterocycles. The fourth-order valence-electron chi connectivity index (χ4n) is 2.65. The largest absolute Gasteiger partial charge is 0.493 e. The summed E-state index contributed by atoms with van der Waals surface area (Å²) in [7, 11) is 3.30. The van der Waals surface area contributed by atoms with E-state index in [1.165, 1.54) is 5.56 Å². The lowest BCUT2D eigenvalue weighted by molar-refractivity contribution is -0.0857. The molecule has 0 spiro atoms. The van der Waals surface area contributed by atoms with Crippen LogP contribution in [0.5, 0.6) is 11.5 Å². The molecule has 1 aliphatic rings. The number of alkyl halides is 1. The Morgan fingerprint density at radius 2 is 1.89 bits per heavy atom. The molecule has 106 valence electrons. The summed E-state index contributed by atoms with van der Waals surface area (Å²) in [5, 5.41) is 0. The molecular weight excluding hydrogens is 264 g/mol. The Labute approximate surface area is 119 Å². The van der Waals surface area contributed by atoms with Gasteiger partial charge in [0, 0.05) is 12.3 Å². The molecule has 4 heteroatoms. The highest BCUT2D eigenvalue weighted by Gasteiger charge is 2.33. The summed E-state index contributed by atoms with van der Waals surface area (Å²) in [5.74, 6) is 2.09. The van der Waals surface area contributed by atoms with Gasteiger partial charge < -0.3 is 14.2 Å². The fourth-order valence-corrected chi connectivity index (χ4v) is 2.85. The molecule has 1 unspecified atom stereocenters. The van der Waals surface area contributed by atoms with E-state index in [0.29, 0.717) is 5.88 Å². The highest BCUT2D eigenvalue weighted by molar-refractivity contribution is 6.17. The number of methoxy groups -OCH3 is 2. The number of hydrogen-bond donors (Lipinski definition) is 0. The minimum absolute atomic E-state index is 0.0241. The number of ether oxygens (including phenoxy) is 3. The Bertz CT molecular complexity index is 457. The van der Waals surface area contributed by atoms with E-state index in [2.05, 4.69) is 19.9 Å². The number of halogens is 1. The third-order valence-corrected chi connectivity index (χ3v) is 3.66. The molecule has 0 aromatic heterocycles. The molecule has 0 aliphatic carbocycles. The van der Waals surface area contributed by atoms with E-state index >= 15 is 0 Å². The van der Waals surface area contributed by atoms with Crippen molar-refractivity contribution >= 4 is 11.6 Å². The van der Waals surface area contributed by atoms with Crippen LogP contribution in [0.15, 0.2) is 12.1 Å². The standard InChI is InChI=1S/C15H21ClO3/c1-15(2)9-10-7-13(17-3)14(18-4)8-11(10)12(19-15)5-6-16/h7-8,12H,5-6,9H2,1-4H3. The number of fused-ring (bicyclic) bond motifs is 1. The Kier molecular flexibility index (Phi) is 4.26. The minimum atomic E-state index is -0.177. The maximum Gasteiger partial charge on any atom is 0.161 e. The monoisotopic (exact) mass is 284 g/mol. The molecule has 19 heavy (non-hydrogen) atoms. The zero-order valence-corrected chi connectivity index (χ0v) is 12.7. The van der Waals surface area contributed by atoms with Crippen LogP contribution in [0.4, 0.5) is 0 Å². The van der Waals surface area contributed by atoms with E-state index in [1.807, 2.05) is 6.07 Å². The molecule has 0 N–H and O–H groups in total. The van der Waals surface area contributed by atoms with Crippen molar-refractivity contribution in [1.29, 1.82) is 0 Å². The lowest BCUT2D eigenvalue weighted by atomic mass is 9.87. The van der Waals surface area contributed by atoms with E-state index in [1.54, 1.807) is 14.2 Å². The molecule has 0 amide bonds. The summed E-state index contributed by atoms with van der Waals surface area (Å²) in [6.07, 6.45) is 1.69. The van der Waals surface area contributed by atoms with Gasteiger partial charge in [0.05, 0.1) is 25.9 Å². The molecule has 0 saturated carbocycles. The van der Waals surface area contributed by atoms with E-state index in [9.17, 15) is 0 Å². The van der Waals surface area contributed by atoms with Gasteiger partial charge in [0.2, 0.25) is 0 Å². The van der Waals surface area contributed by atoms with Crippen LogP contribution in [-0.4, -0.2) is 25.7 Å². The summed E-state index contributed by atoms with van der Waals surface area (Å²) in [4.78, 5) is 0. The van der Waals surface area contributed by atoms with Gasteiger partial charge in [0.25, 0.3) is 0 Å². The van der Waals surface area contributed by atoms with Crippen molar-refractivity contribution in [2.24, 2.45) is 0 Å². The lowest BCUT2D eigenvalue weighted by Crippen LogP contribution is -2.34. The minimum Gasteiger partial charge on any atom is -0.493 e. The molecule has 0 saturated heterocycles. The van der Waals surface area contributed by atoms with Gasteiger partial charge in [-0.25, -0.2) is 0 Å². The Morgan fingerprint density at radius 3 is 2.47 bits per heavy atom. The first kappa shape index (κ1) is 14.5. The summed E-state index contributed by atoms with van der Waals surface area (Å²) < 4.78 is 16.9. The van der Waals surface area contributed by atoms with Gasteiger partial charge in [0.1, 0.15) is 0 Å². The Balaban J connectivity index is 2.47. The van der Waals surface area contributed by atoms with Gasteiger partial charge >= 0.3 is 0 Å². The second kappa shape index (κ2) is 5.59. The van der Waals surface area contributed by atoms with Gasteiger partial charge in [-0.1, -0.05) is 0 Å². The third-order valence-electron chi connectivity index (χ3n) is 3.44. The molecule has 2 rings (SSSR count). The van der Waals surface area contributed by atoms with Crippen molar-refractivity contribution in [2.75, 3.05) is 20.1 Å². The molecular formula is C15H21ClO3. The van der Waals surface area contributed by atoms with Gasteiger partial charge in [-0.05, 0) is 43.5 Å². The van der Waals surface area contributed by atoms with Crippen LogP contribution < -0.4 is 9.47 Å². The summed E-state index contributed by atoms with van der Waals surface area (Å²) in [6.45, 7) is 4.21. The van der Waals surface area contributed by atoms with E-state index in [0.717, 1.165) is 29.9 Å². The molecule has 1 atom stereocenters. The first-order valence-electron chi connectivity index (χ1n) is 6.49. The van der Waals surface area contributed by atoms with Crippen molar-refractivity contribution in [3.05, 3.63) is 23.3 Å². The van der Waals surface area contributed by atoms with Crippen LogP contribution in [0.2, 0.25) is 0 Å². The van der Waals surface area contributed by atoms with E-state index < -0.39 is 0 Å². The van der Waals surface area contributed by atoms with Crippen LogP contribution >= 0.6 is 11.6 Å². The highest BCUT2D eigenvalue weighted by atomic mass is 35.5. The van der Waals surface area contributed by atoms with Crippen molar-refractivity contribution in [3.8, 4) is 11.5 Å². The van der Waals surface area contributed by atoms with E-state index in [-0.39, 0.29) is 11.7 Å². The second-order valence-electron chi connectivity index (χ2n) is 5.43. The predicted molar refractivity (Wildman–Crippen MR) is 76.5 cm³/mol. The fraction of sp³-hybridized carbons (Fsp3) is 0.600. The number of rotatable bonds is 4. The average molecular weight is 285 g/mol. The smallest absolute Gasteiger partial charge is 0.161 e. The quantitative estimate of drug-likeness (QED) is 0.789. The lowest BCUT2D eigenvalue weighted by Gasteiger charge is -2.38. The number of hydrogen-bond acceptors (Lipinski definition) is 3. The Hall–Kier alpha value is -0.930. The van der Waals surface area contributed by atoms with Gasteiger partial charge in [-0.15, -0.1) is 11.6 Å². The molecule has 1 aromatic carbocycles. The first-order chi connectivity index (χ1) is 9.00. The molecule has 0 fully saturated rings. The van der Waals surface area contributed by atoms with Crippen LogP contribution in [0, 0.1) is 0 Å². The maximum absolute atomic E-state index is 6.13. The van der Waals surface area contributed by atoms with Crippen molar-refractivity contribution in [2.45, 2.75) is 38.4 Å². The number of benzene rings is 1. The van der Waals surface area contributed by atoms with Crippen molar-refractivity contribution in [1.82, 2.24) is 0 Å². The van der Waals surface area contributed by atoms with Gasteiger partial charge in [0.15, 0.2) is 11.5 Å². The van der Waals surface area contributed by atoms with E-state index in [4.69, 9.17) is 25.8 Å². The third kappa shape index (κ3) is 2.98. The molecule has 0 bridgehead atoms. The maximum atomic E-state index is 6.13. The predicted octanol–water partition coefficient (Wildman–Crippen LogP) is 3.73. The second-order valence-corrected chi connectivity index (χ2v) is 5.80. The average Bonchev–Trinajstić information content (AvgIpc) is 2.36. The normalized spacial score (nSPS) is 20.8. The SMILES string of the molecule is COc1cc2c(cc1OC)C(CCCl)OC(C)(C)C2. The molecule has 0 radical (unpaired) electrons. The zero-order valence-electron chi connectivity index (χ0n) is 12.0. The van der Waals surface area contributed by atoms with Gasteiger partial charge in [-0.2, -0.15) is 0 Å². The van der Waals surface area contributed by atoms with Crippen LogP contribution in [0.1, 0.15) is 37.5 Å². The van der Waals surface area contributed by atoms with Crippen LogP contribution in [-0.2, 0) is 11.2 Å². The molecule has 1 aromatic rings. The van der Waals surface area contributed by atoms with Crippen molar-refractivity contribution in [3.63, 3.8) is 0 Å². The Morgan fingerprint density at radius 1 is 1.26 bits per heavy atom. The van der Waals surface area contributed by atoms with Crippen LogP contribution in [0.25, 0.3) is 0 Å². The first-order valence-corrected chi connectivity index (χ1v) is 7.03. The van der Waals surface area contributed by atoms with Crippen LogP contribution in [0.3, 0.4) is 0 Å². The summed E-state index contributed by atoms with van der Waals surface area (Å²) in [6, 6.07) is 4.07. The summed E-state index contributed by atoms with van der Waals surface area (Å²) >= 11 is 5.89. The van der Waals surface area contributed by atoms with Gasteiger partial charge in [-0.3, -0.25) is 0 Å². The topological polar surface area (TPSA) is 27.7 Å². The molecule has 3 nitrogen and oxygen atoms in total.